The van der Waals surface area contributed by atoms with Gasteiger partial charge >= 0.3 is 0 Å². The van der Waals surface area contributed by atoms with Crippen LogP contribution >= 0.6 is 22.9 Å². The van der Waals surface area contributed by atoms with Crippen molar-refractivity contribution in [1.29, 1.82) is 0 Å². The number of benzene rings is 2. The molecule has 0 fully saturated rings. The van der Waals surface area contributed by atoms with Crippen LogP contribution in [-0.4, -0.2) is 24.2 Å². The highest BCUT2D eigenvalue weighted by Gasteiger charge is 2.17. The Labute approximate surface area is 181 Å². The van der Waals surface area contributed by atoms with Crippen molar-refractivity contribution in [3.05, 3.63) is 74.4 Å². The molecule has 2 heterocycles. The van der Waals surface area contributed by atoms with E-state index in [2.05, 4.69) is 10.3 Å². The largest absolute Gasteiger partial charge is 0.486 e. The number of rotatable bonds is 7. The summed E-state index contributed by atoms with van der Waals surface area (Å²) >= 11 is 7.19. The van der Waals surface area contributed by atoms with Gasteiger partial charge in [0, 0.05) is 22.5 Å². The standard InChI is InChI=1S/C21H18ClFN2O4S/c22-15-1-3-17(4-2-15)28-10-19-25-18(11-30-19)21(26)24-6-5-13-7-16(23)8-14-9-27-12-29-20(13)14/h1-4,7-8,11H,5-6,9-10,12H2,(H,24,26). The molecule has 1 aromatic heterocycles. The summed E-state index contributed by atoms with van der Waals surface area (Å²) in [5, 5.41) is 5.81. The summed E-state index contributed by atoms with van der Waals surface area (Å²) in [5.74, 6) is 0.659. The Morgan fingerprint density at radius 1 is 1.30 bits per heavy atom. The number of aromatic nitrogens is 1. The fourth-order valence-corrected chi connectivity index (χ4v) is 3.81. The predicted octanol–water partition coefficient (Wildman–Crippen LogP) is 4.35. The Balaban J connectivity index is 1.30. The van der Waals surface area contributed by atoms with Crippen LogP contribution in [0.15, 0.2) is 41.8 Å². The summed E-state index contributed by atoms with van der Waals surface area (Å²) in [6, 6.07) is 9.84. The van der Waals surface area contributed by atoms with Gasteiger partial charge in [-0.15, -0.1) is 11.3 Å². The molecule has 2 aromatic carbocycles. The number of halogens is 2. The van der Waals surface area contributed by atoms with Crippen molar-refractivity contribution in [2.45, 2.75) is 19.6 Å². The zero-order valence-corrected chi connectivity index (χ0v) is 17.4. The van der Waals surface area contributed by atoms with E-state index in [0.29, 0.717) is 57.9 Å². The Kier molecular flexibility index (Phi) is 6.47. The molecular weight excluding hydrogens is 431 g/mol. The lowest BCUT2D eigenvalue weighted by molar-refractivity contribution is -0.0172. The van der Waals surface area contributed by atoms with E-state index in [1.165, 1.54) is 23.5 Å². The lowest BCUT2D eigenvalue weighted by atomic mass is 10.1. The molecule has 3 aromatic rings. The zero-order chi connectivity index (χ0) is 20.9. The number of thiazole rings is 1. The highest BCUT2D eigenvalue weighted by molar-refractivity contribution is 7.09. The van der Waals surface area contributed by atoms with Gasteiger partial charge in [0.15, 0.2) is 6.79 Å². The molecule has 6 nitrogen and oxygen atoms in total. The Morgan fingerprint density at radius 2 is 2.13 bits per heavy atom. The van der Waals surface area contributed by atoms with Gasteiger partial charge < -0.3 is 19.5 Å². The molecule has 1 N–H and O–H groups in total. The van der Waals surface area contributed by atoms with Gasteiger partial charge in [-0.3, -0.25) is 4.79 Å². The molecule has 0 aliphatic carbocycles. The van der Waals surface area contributed by atoms with Crippen LogP contribution in [0.5, 0.6) is 11.5 Å². The highest BCUT2D eigenvalue weighted by atomic mass is 35.5. The van der Waals surface area contributed by atoms with Crippen LogP contribution in [0.25, 0.3) is 0 Å². The molecular formula is C21H18ClFN2O4S. The third-order valence-corrected chi connectivity index (χ3v) is 5.47. The fourth-order valence-electron chi connectivity index (χ4n) is 3.00. The summed E-state index contributed by atoms with van der Waals surface area (Å²) in [5.41, 5.74) is 1.69. The van der Waals surface area contributed by atoms with Crippen molar-refractivity contribution in [3.63, 3.8) is 0 Å². The lowest BCUT2D eigenvalue weighted by Crippen LogP contribution is -2.26. The highest BCUT2D eigenvalue weighted by Crippen LogP contribution is 2.29. The van der Waals surface area contributed by atoms with Crippen LogP contribution in [0.4, 0.5) is 4.39 Å². The normalized spacial score (nSPS) is 12.7. The van der Waals surface area contributed by atoms with E-state index in [4.69, 9.17) is 25.8 Å². The molecule has 0 bridgehead atoms. The summed E-state index contributed by atoms with van der Waals surface area (Å²) < 4.78 is 30.1. The number of carbonyl (C=O) groups excluding carboxylic acids is 1. The molecule has 0 saturated carbocycles. The maximum Gasteiger partial charge on any atom is 0.270 e. The summed E-state index contributed by atoms with van der Waals surface area (Å²) in [7, 11) is 0. The van der Waals surface area contributed by atoms with Crippen molar-refractivity contribution in [1.82, 2.24) is 10.3 Å². The average molecular weight is 449 g/mol. The average Bonchev–Trinajstić information content (AvgIpc) is 3.22. The minimum absolute atomic E-state index is 0.137. The molecule has 0 spiro atoms. The maximum absolute atomic E-state index is 13.8. The number of nitrogens with one attached hydrogen (secondary N) is 1. The maximum atomic E-state index is 13.8. The van der Waals surface area contributed by atoms with Crippen LogP contribution in [0.1, 0.15) is 26.6 Å². The molecule has 0 saturated heterocycles. The summed E-state index contributed by atoms with van der Waals surface area (Å²) in [6.07, 6.45) is 0.433. The van der Waals surface area contributed by atoms with Crippen molar-refractivity contribution < 1.29 is 23.4 Å². The first-order chi connectivity index (χ1) is 14.6. The number of fused-ring (bicyclic) bond motifs is 1. The van der Waals surface area contributed by atoms with E-state index >= 15 is 0 Å². The molecule has 1 aliphatic heterocycles. The molecule has 0 radical (unpaired) electrons. The van der Waals surface area contributed by atoms with Gasteiger partial charge in [0.1, 0.15) is 34.6 Å². The molecule has 30 heavy (non-hydrogen) atoms. The van der Waals surface area contributed by atoms with Crippen molar-refractivity contribution in [3.8, 4) is 11.5 Å². The van der Waals surface area contributed by atoms with Gasteiger partial charge in [-0.05, 0) is 48.4 Å². The van der Waals surface area contributed by atoms with Crippen LogP contribution in [-0.2, 0) is 24.4 Å². The number of carbonyl (C=O) groups is 1. The molecule has 0 atom stereocenters. The van der Waals surface area contributed by atoms with E-state index < -0.39 is 0 Å². The molecule has 4 rings (SSSR count). The van der Waals surface area contributed by atoms with E-state index in [9.17, 15) is 9.18 Å². The third-order valence-electron chi connectivity index (χ3n) is 4.39. The number of hydrogen-bond acceptors (Lipinski definition) is 6. The van der Waals surface area contributed by atoms with Gasteiger partial charge in [-0.25, -0.2) is 9.37 Å². The minimum Gasteiger partial charge on any atom is -0.486 e. The monoisotopic (exact) mass is 448 g/mol. The van der Waals surface area contributed by atoms with Gasteiger partial charge in [-0.2, -0.15) is 0 Å². The third kappa shape index (κ3) is 5.08. The second-order valence-corrected chi connectivity index (χ2v) is 7.92. The molecule has 1 amide bonds. The second kappa shape index (κ2) is 9.42. The first-order valence-electron chi connectivity index (χ1n) is 9.21. The molecule has 156 valence electrons. The first kappa shape index (κ1) is 20.6. The van der Waals surface area contributed by atoms with Crippen LogP contribution in [0.3, 0.4) is 0 Å². The van der Waals surface area contributed by atoms with Crippen molar-refractivity contribution >= 4 is 28.8 Å². The predicted molar refractivity (Wildman–Crippen MR) is 111 cm³/mol. The number of hydrogen-bond donors (Lipinski definition) is 1. The van der Waals surface area contributed by atoms with Crippen LogP contribution < -0.4 is 14.8 Å². The molecule has 9 heteroatoms. The molecule has 1 aliphatic rings. The SMILES string of the molecule is O=C(NCCc1cc(F)cc2c1OCOC2)c1csc(COc2ccc(Cl)cc2)n1. The number of amides is 1. The van der Waals surface area contributed by atoms with Crippen LogP contribution in [0, 0.1) is 5.82 Å². The smallest absolute Gasteiger partial charge is 0.270 e. The van der Waals surface area contributed by atoms with Crippen molar-refractivity contribution in [2.75, 3.05) is 13.3 Å². The Morgan fingerprint density at radius 3 is 2.97 bits per heavy atom. The number of ether oxygens (including phenoxy) is 3. The van der Waals surface area contributed by atoms with E-state index in [1.54, 1.807) is 29.6 Å². The van der Waals surface area contributed by atoms with E-state index in [1.807, 2.05) is 0 Å². The van der Waals surface area contributed by atoms with E-state index in [0.717, 1.165) is 0 Å². The van der Waals surface area contributed by atoms with Gasteiger partial charge in [-0.1, -0.05) is 11.6 Å². The number of nitrogens with zero attached hydrogens (tertiary/aromatic N) is 1. The second-order valence-electron chi connectivity index (χ2n) is 6.54. The van der Waals surface area contributed by atoms with Gasteiger partial charge in [0.05, 0.1) is 6.61 Å². The summed E-state index contributed by atoms with van der Waals surface area (Å²) in [4.78, 5) is 16.7. The zero-order valence-electron chi connectivity index (χ0n) is 15.8. The van der Waals surface area contributed by atoms with Crippen molar-refractivity contribution in [2.24, 2.45) is 0 Å². The lowest BCUT2D eigenvalue weighted by Gasteiger charge is -2.20. The van der Waals surface area contributed by atoms with Crippen LogP contribution in [0.2, 0.25) is 5.02 Å². The van der Waals surface area contributed by atoms with Gasteiger partial charge in [0.2, 0.25) is 0 Å². The minimum atomic E-state index is -0.353. The topological polar surface area (TPSA) is 69.7 Å². The fraction of sp³-hybridized carbons (Fsp3) is 0.238. The first-order valence-corrected chi connectivity index (χ1v) is 10.5. The van der Waals surface area contributed by atoms with Gasteiger partial charge in [0.25, 0.3) is 5.91 Å². The Bertz CT molecular complexity index is 1040. The van der Waals surface area contributed by atoms with E-state index in [-0.39, 0.29) is 25.1 Å². The Hall–Kier alpha value is -2.68. The molecule has 0 unspecified atom stereocenters. The quantitative estimate of drug-likeness (QED) is 0.581. The summed E-state index contributed by atoms with van der Waals surface area (Å²) in [6.45, 7) is 1.03.